The van der Waals surface area contributed by atoms with Crippen molar-refractivity contribution in [2.24, 2.45) is 0 Å². The number of ether oxygens (including phenoxy) is 1. The smallest absolute Gasteiger partial charge is 0.446 e. The van der Waals surface area contributed by atoms with Crippen molar-refractivity contribution in [1.82, 2.24) is 15.0 Å². The number of carboxylic acids is 1. The van der Waals surface area contributed by atoms with Gasteiger partial charge in [-0.2, -0.15) is 13.2 Å². The van der Waals surface area contributed by atoms with Crippen LogP contribution in [0.1, 0.15) is 23.2 Å². The lowest BCUT2D eigenvalue weighted by Gasteiger charge is -2.15. The minimum atomic E-state index is -4.64. The average molecular weight is 556 g/mol. The number of carboxylic acid groups (broad SMARTS) is 1. The summed E-state index contributed by atoms with van der Waals surface area (Å²) in [6, 6.07) is 16.7. The maximum absolute atomic E-state index is 14.9. The van der Waals surface area contributed by atoms with Crippen LogP contribution in [0.25, 0.3) is 22.3 Å². The van der Waals surface area contributed by atoms with Crippen molar-refractivity contribution in [3.05, 3.63) is 95.7 Å². The molecular weight excluding hydrogens is 534 g/mol. The molecule has 6 nitrogen and oxygen atoms in total. The molecule has 5 rings (SSSR count). The van der Waals surface area contributed by atoms with Crippen LogP contribution >= 0.6 is 11.8 Å². The number of nitrogens with zero attached hydrogens (tertiary/aromatic N) is 1. The first-order chi connectivity index (χ1) is 18.6. The van der Waals surface area contributed by atoms with Crippen LogP contribution in [0, 0.1) is 5.82 Å². The summed E-state index contributed by atoms with van der Waals surface area (Å²) in [6.45, 7) is 0. The fourth-order valence-corrected chi connectivity index (χ4v) is 4.97. The Hall–Kier alpha value is -4.25. The predicted octanol–water partition coefficient (Wildman–Crippen LogP) is 7.71. The molecule has 11 heteroatoms. The Balaban J connectivity index is 1.37. The summed E-state index contributed by atoms with van der Waals surface area (Å²) >= 11 is -0.428. The maximum Gasteiger partial charge on any atom is 0.446 e. The van der Waals surface area contributed by atoms with Gasteiger partial charge >= 0.3 is 11.5 Å². The predicted molar refractivity (Wildman–Crippen MR) is 139 cm³/mol. The number of thioether (sulfide) groups is 1. The second kappa shape index (κ2) is 10.9. The van der Waals surface area contributed by atoms with Gasteiger partial charge in [0.1, 0.15) is 11.6 Å². The number of nitrogens with one attached hydrogen (secondary N) is 2. The third-order valence-electron chi connectivity index (χ3n) is 5.90. The molecule has 0 bridgehead atoms. The SMILES string of the molecule is O=C(O)CCc1cccc(Cc2cnc(-c3cccc(Oc4c(F)cc5[nH]ccc5c4SC(F)(F)F)c3)[nH]2)c1. The number of hydrogen-bond acceptors (Lipinski definition) is 4. The van der Waals surface area contributed by atoms with E-state index in [0.29, 0.717) is 24.2 Å². The molecule has 0 aliphatic rings. The molecule has 3 N–H and O–H groups in total. The number of aryl methyl sites for hydroxylation is 1. The van der Waals surface area contributed by atoms with Crippen molar-refractivity contribution in [3.8, 4) is 22.9 Å². The molecule has 0 spiro atoms. The topological polar surface area (TPSA) is 91.0 Å². The fourth-order valence-electron chi connectivity index (χ4n) is 4.22. The maximum atomic E-state index is 14.9. The van der Waals surface area contributed by atoms with Crippen molar-refractivity contribution in [3.63, 3.8) is 0 Å². The van der Waals surface area contributed by atoms with Gasteiger partial charge in [-0.3, -0.25) is 4.79 Å². The van der Waals surface area contributed by atoms with Gasteiger partial charge in [0.05, 0.1) is 4.90 Å². The normalized spacial score (nSPS) is 11.7. The molecule has 2 heterocycles. The number of halogens is 4. The Bertz CT molecular complexity index is 1640. The van der Waals surface area contributed by atoms with Crippen LogP contribution in [0.3, 0.4) is 0 Å². The highest BCUT2D eigenvalue weighted by Crippen LogP contribution is 2.47. The van der Waals surface area contributed by atoms with Gasteiger partial charge in [-0.25, -0.2) is 9.37 Å². The number of alkyl halides is 3. The van der Waals surface area contributed by atoms with E-state index in [4.69, 9.17) is 9.84 Å². The Labute approximate surface area is 224 Å². The summed E-state index contributed by atoms with van der Waals surface area (Å²) in [4.78, 5) is 20.8. The first-order valence-electron chi connectivity index (χ1n) is 11.8. The quantitative estimate of drug-likeness (QED) is 0.128. The zero-order valence-electron chi connectivity index (χ0n) is 20.2. The first kappa shape index (κ1) is 26.4. The molecule has 3 aromatic carbocycles. The number of H-pyrrole nitrogens is 2. The van der Waals surface area contributed by atoms with Crippen LogP contribution in [0.5, 0.6) is 11.5 Å². The lowest BCUT2D eigenvalue weighted by atomic mass is 10.0. The summed E-state index contributed by atoms with van der Waals surface area (Å²) < 4.78 is 60.5. The van der Waals surface area contributed by atoms with E-state index in [1.54, 1.807) is 24.4 Å². The van der Waals surface area contributed by atoms with Crippen LogP contribution in [-0.2, 0) is 17.6 Å². The molecule has 5 aromatic rings. The lowest BCUT2D eigenvalue weighted by Crippen LogP contribution is -2.02. The van der Waals surface area contributed by atoms with Crippen LogP contribution in [0.4, 0.5) is 17.6 Å². The molecule has 0 amide bonds. The lowest BCUT2D eigenvalue weighted by molar-refractivity contribution is -0.136. The monoisotopic (exact) mass is 555 g/mol. The highest BCUT2D eigenvalue weighted by Gasteiger charge is 2.33. The van der Waals surface area contributed by atoms with Gasteiger partial charge in [-0.15, -0.1) is 0 Å². The standard InChI is InChI=1S/C28H21F4N3O3S/c29-22-14-23-21(9-10-33-23)26(39-28(30,31)32)25(22)38-20-6-2-5-18(13-20)27-34-15-19(35-27)12-17-4-1-3-16(11-17)7-8-24(36)37/h1-6,9-11,13-15,33H,7-8,12H2,(H,34,35)(H,36,37). The van der Waals surface area contributed by atoms with Crippen LogP contribution < -0.4 is 4.74 Å². The molecule has 0 fully saturated rings. The number of imidazole rings is 1. The number of aromatic nitrogens is 3. The van der Waals surface area contributed by atoms with E-state index >= 15 is 0 Å². The molecule has 0 atom stereocenters. The molecule has 0 aliphatic carbocycles. The van der Waals surface area contributed by atoms with Gasteiger partial charge in [0.25, 0.3) is 0 Å². The van der Waals surface area contributed by atoms with Crippen molar-refractivity contribution in [1.29, 1.82) is 0 Å². The summed E-state index contributed by atoms with van der Waals surface area (Å²) in [6.07, 6.45) is 4.13. The number of benzene rings is 3. The molecule has 0 radical (unpaired) electrons. The molecule has 200 valence electrons. The van der Waals surface area contributed by atoms with Gasteiger partial charge in [-0.1, -0.05) is 36.4 Å². The highest BCUT2D eigenvalue weighted by molar-refractivity contribution is 8.00. The number of carbonyl (C=O) groups is 1. The van der Waals surface area contributed by atoms with Gasteiger partial charge in [0, 0.05) is 53.5 Å². The molecule has 0 aliphatic heterocycles. The van der Waals surface area contributed by atoms with Crippen LogP contribution in [0.2, 0.25) is 0 Å². The average Bonchev–Trinajstić information content (AvgIpc) is 3.54. The van der Waals surface area contributed by atoms with E-state index in [1.807, 2.05) is 24.3 Å². The van der Waals surface area contributed by atoms with E-state index in [1.165, 1.54) is 18.3 Å². The minimum absolute atomic E-state index is 0.0510. The molecule has 39 heavy (non-hydrogen) atoms. The van der Waals surface area contributed by atoms with Gasteiger partial charge in [-0.05, 0) is 47.5 Å². The van der Waals surface area contributed by atoms with E-state index in [2.05, 4.69) is 15.0 Å². The Kier molecular flexibility index (Phi) is 7.34. The zero-order valence-corrected chi connectivity index (χ0v) is 21.0. The molecule has 0 saturated heterocycles. The van der Waals surface area contributed by atoms with E-state index < -0.39 is 34.8 Å². The summed E-state index contributed by atoms with van der Waals surface area (Å²) in [5.41, 5.74) is -1.10. The van der Waals surface area contributed by atoms with E-state index in [-0.39, 0.29) is 28.0 Å². The van der Waals surface area contributed by atoms with E-state index in [0.717, 1.165) is 22.9 Å². The second-order valence-electron chi connectivity index (χ2n) is 8.78. The number of aromatic amines is 2. The fraction of sp³-hybridized carbons (Fsp3) is 0.143. The second-order valence-corrected chi connectivity index (χ2v) is 9.86. The van der Waals surface area contributed by atoms with Gasteiger partial charge in [0.2, 0.25) is 0 Å². The Morgan fingerprint density at radius 2 is 1.85 bits per heavy atom. The molecule has 0 unspecified atom stereocenters. The van der Waals surface area contributed by atoms with Crippen molar-refractivity contribution in [2.75, 3.05) is 0 Å². The number of aliphatic carboxylic acids is 1. The van der Waals surface area contributed by atoms with Gasteiger partial charge < -0.3 is 19.8 Å². The number of hydrogen-bond donors (Lipinski definition) is 3. The summed E-state index contributed by atoms with van der Waals surface area (Å²) in [5, 5.41) is 9.11. The van der Waals surface area contributed by atoms with Crippen LogP contribution in [-0.4, -0.2) is 31.5 Å². The number of rotatable bonds is 9. The summed E-state index contributed by atoms with van der Waals surface area (Å²) in [7, 11) is 0. The zero-order chi connectivity index (χ0) is 27.6. The Morgan fingerprint density at radius 1 is 1.05 bits per heavy atom. The third-order valence-corrected chi connectivity index (χ3v) is 6.75. The number of fused-ring (bicyclic) bond motifs is 1. The van der Waals surface area contributed by atoms with E-state index in [9.17, 15) is 22.4 Å². The van der Waals surface area contributed by atoms with Gasteiger partial charge in [0.15, 0.2) is 11.6 Å². The largest absolute Gasteiger partial charge is 0.481 e. The van der Waals surface area contributed by atoms with Crippen LogP contribution in [0.15, 0.2) is 78.0 Å². The van der Waals surface area contributed by atoms with Crippen molar-refractivity contribution >= 4 is 28.6 Å². The van der Waals surface area contributed by atoms with Crippen molar-refractivity contribution < 1.29 is 32.2 Å². The Morgan fingerprint density at radius 3 is 2.64 bits per heavy atom. The molecular formula is C28H21F4N3O3S. The minimum Gasteiger partial charge on any atom is -0.481 e. The third kappa shape index (κ3) is 6.43. The highest BCUT2D eigenvalue weighted by atomic mass is 32.2. The first-order valence-corrected chi connectivity index (χ1v) is 12.6. The molecule has 0 saturated carbocycles. The van der Waals surface area contributed by atoms with Crippen molar-refractivity contribution in [2.45, 2.75) is 29.7 Å². The summed E-state index contributed by atoms with van der Waals surface area (Å²) in [5.74, 6) is -1.64. The molecule has 2 aromatic heterocycles.